The van der Waals surface area contributed by atoms with Gasteiger partial charge in [-0.05, 0) is 44.5 Å². The molecule has 0 amide bonds. The number of nitrogens with one attached hydrogen (secondary N) is 1. The molecule has 0 saturated carbocycles. The molecule has 1 heterocycles. The Kier molecular flexibility index (Phi) is 4.69. The van der Waals surface area contributed by atoms with E-state index in [-0.39, 0.29) is 5.38 Å². The normalized spacial score (nSPS) is 18.2. The minimum Gasteiger partial charge on any atom is -0.383 e. The zero-order chi connectivity index (χ0) is 12.1. The number of hydrogen-bond donors (Lipinski definition) is 1. The van der Waals surface area contributed by atoms with Crippen molar-refractivity contribution in [2.75, 3.05) is 31.5 Å². The fraction of sp³-hybridized carbons (Fsp3) is 0.571. The van der Waals surface area contributed by atoms with Gasteiger partial charge in [-0.1, -0.05) is 18.2 Å². The van der Waals surface area contributed by atoms with Crippen LogP contribution in [0.15, 0.2) is 24.3 Å². The molecule has 1 aliphatic rings. The predicted octanol–water partition coefficient (Wildman–Crippen LogP) is 3.49. The summed E-state index contributed by atoms with van der Waals surface area (Å²) in [4.78, 5) is 2.51. The van der Waals surface area contributed by atoms with Crippen molar-refractivity contribution < 1.29 is 0 Å². The fourth-order valence-electron chi connectivity index (χ4n) is 2.36. The van der Waals surface area contributed by atoms with Crippen LogP contribution in [0.5, 0.6) is 0 Å². The Morgan fingerprint density at radius 1 is 1.29 bits per heavy atom. The van der Waals surface area contributed by atoms with Crippen LogP contribution in [0.2, 0.25) is 0 Å². The molecule has 1 unspecified atom stereocenters. The number of hydrogen-bond acceptors (Lipinski definition) is 2. The molecule has 0 radical (unpaired) electrons. The zero-order valence-electron chi connectivity index (χ0n) is 10.5. The quantitative estimate of drug-likeness (QED) is 0.807. The first-order valence-electron chi connectivity index (χ1n) is 6.46. The molecule has 1 N–H and O–H groups in total. The average Bonchev–Trinajstić information content (AvgIpc) is 2.82. The van der Waals surface area contributed by atoms with Gasteiger partial charge < -0.3 is 10.2 Å². The monoisotopic (exact) mass is 252 g/mol. The van der Waals surface area contributed by atoms with E-state index >= 15 is 0 Å². The highest BCUT2D eigenvalue weighted by molar-refractivity contribution is 6.21. The molecular weight excluding hydrogens is 232 g/mol. The third kappa shape index (κ3) is 3.62. The first kappa shape index (κ1) is 12.7. The number of nitrogens with zero attached hydrogens (tertiary/aromatic N) is 1. The molecule has 0 aliphatic carbocycles. The molecule has 1 atom stereocenters. The van der Waals surface area contributed by atoms with Crippen LogP contribution in [0.3, 0.4) is 0 Å². The number of anilines is 1. The van der Waals surface area contributed by atoms with Crippen molar-refractivity contribution in [3.05, 3.63) is 29.8 Å². The van der Waals surface area contributed by atoms with Crippen molar-refractivity contribution in [1.82, 2.24) is 4.90 Å². The Balaban J connectivity index is 1.85. The van der Waals surface area contributed by atoms with Gasteiger partial charge in [0.25, 0.3) is 0 Å². The Bertz CT molecular complexity index is 346. The fourth-order valence-corrected chi connectivity index (χ4v) is 2.55. The van der Waals surface area contributed by atoms with Crippen LogP contribution < -0.4 is 5.32 Å². The lowest BCUT2D eigenvalue weighted by Gasteiger charge is -2.17. The molecule has 2 rings (SSSR count). The van der Waals surface area contributed by atoms with E-state index in [1.54, 1.807) is 0 Å². The first-order chi connectivity index (χ1) is 8.27. The smallest absolute Gasteiger partial charge is 0.0577 e. The van der Waals surface area contributed by atoms with E-state index < -0.39 is 0 Å². The molecule has 3 heteroatoms. The summed E-state index contributed by atoms with van der Waals surface area (Å²) < 4.78 is 0. The highest BCUT2D eigenvalue weighted by Crippen LogP contribution is 2.26. The van der Waals surface area contributed by atoms with Crippen LogP contribution in [0.4, 0.5) is 5.69 Å². The summed E-state index contributed by atoms with van der Waals surface area (Å²) in [6.07, 6.45) is 2.71. The van der Waals surface area contributed by atoms with Gasteiger partial charge in [0.2, 0.25) is 0 Å². The standard InChI is InChI=1S/C14H21ClN2/c1-12(15)13-6-2-3-7-14(13)16-8-11-17-9-4-5-10-17/h2-3,6-7,12,16H,4-5,8-11H2,1H3. The van der Waals surface area contributed by atoms with Crippen molar-refractivity contribution in [3.63, 3.8) is 0 Å². The summed E-state index contributed by atoms with van der Waals surface area (Å²) >= 11 is 6.16. The van der Waals surface area contributed by atoms with E-state index in [2.05, 4.69) is 28.4 Å². The van der Waals surface area contributed by atoms with Crippen molar-refractivity contribution in [3.8, 4) is 0 Å². The highest BCUT2D eigenvalue weighted by Gasteiger charge is 2.11. The second-order valence-corrected chi connectivity index (χ2v) is 5.33. The lowest BCUT2D eigenvalue weighted by Crippen LogP contribution is -2.26. The lowest BCUT2D eigenvalue weighted by molar-refractivity contribution is 0.352. The Morgan fingerprint density at radius 3 is 2.71 bits per heavy atom. The van der Waals surface area contributed by atoms with Gasteiger partial charge in [0.15, 0.2) is 0 Å². The van der Waals surface area contributed by atoms with Crippen LogP contribution in [0, 0.1) is 0 Å². The van der Waals surface area contributed by atoms with Crippen LogP contribution in [-0.4, -0.2) is 31.1 Å². The minimum atomic E-state index is 0.0606. The lowest BCUT2D eigenvalue weighted by atomic mass is 10.1. The van der Waals surface area contributed by atoms with Crippen molar-refractivity contribution in [1.29, 1.82) is 0 Å². The Morgan fingerprint density at radius 2 is 2.00 bits per heavy atom. The molecule has 0 bridgehead atoms. The summed E-state index contributed by atoms with van der Waals surface area (Å²) in [5.41, 5.74) is 2.37. The third-order valence-electron chi connectivity index (χ3n) is 3.33. The molecule has 1 aromatic rings. The van der Waals surface area contributed by atoms with Crippen LogP contribution in [0.25, 0.3) is 0 Å². The number of benzene rings is 1. The molecule has 2 nitrogen and oxygen atoms in total. The van der Waals surface area contributed by atoms with E-state index in [9.17, 15) is 0 Å². The Hall–Kier alpha value is -0.730. The van der Waals surface area contributed by atoms with E-state index in [0.717, 1.165) is 13.1 Å². The second kappa shape index (κ2) is 6.27. The minimum absolute atomic E-state index is 0.0606. The van der Waals surface area contributed by atoms with Crippen molar-refractivity contribution >= 4 is 17.3 Å². The summed E-state index contributed by atoms with van der Waals surface area (Å²) in [6, 6.07) is 8.30. The van der Waals surface area contributed by atoms with Gasteiger partial charge in [-0.25, -0.2) is 0 Å². The van der Waals surface area contributed by atoms with E-state index in [0.29, 0.717) is 0 Å². The zero-order valence-corrected chi connectivity index (χ0v) is 11.2. The molecule has 94 valence electrons. The molecule has 1 aliphatic heterocycles. The predicted molar refractivity (Wildman–Crippen MR) is 74.9 cm³/mol. The maximum atomic E-state index is 6.16. The number of para-hydroxylation sites is 1. The molecule has 0 spiro atoms. The van der Waals surface area contributed by atoms with Crippen molar-refractivity contribution in [2.24, 2.45) is 0 Å². The number of alkyl halides is 1. The molecule has 17 heavy (non-hydrogen) atoms. The molecular formula is C14H21ClN2. The second-order valence-electron chi connectivity index (χ2n) is 4.68. The third-order valence-corrected chi connectivity index (χ3v) is 3.57. The summed E-state index contributed by atoms with van der Waals surface area (Å²) in [5, 5.41) is 3.56. The maximum absolute atomic E-state index is 6.16. The molecule has 1 aromatic carbocycles. The van der Waals surface area contributed by atoms with E-state index in [1.165, 1.54) is 37.2 Å². The van der Waals surface area contributed by atoms with Gasteiger partial charge in [0, 0.05) is 18.8 Å². The SMILES string of the molecule is CC(Cl)c1ccccc1NCCN1CCCC1. The van der Waals surface area contributed by atoms with Gasteiger partial charge in [0.05, 0.1) is 5.38 Å². The highest BCUT2D eigenvalue weighted by atomic mass is 35.5. The van der Waals surface area contributed by atoms with E-state index in [1.807, 2.05) is 13.0 Å². The van der Waals surface area contributed by atoms with Crippen LogP contribution in [0.1, 0.15) is 30.7 Å². The number of rotatable bonds is 5. The summed E-state index contributed by atoms with van der Waals surface area (Å²) in [5.74, 6) is 0. The Labute approximate surface area is 109 Å². The largest absolute Gasteiger partial charge is 0.383 e. The molecule has 1 saturated heterocycles. The summed E-state index contributed by atoms with van der Waals surface area (Å²) in [7, 11) is 0. The van der Waals surface area contributed by atoms with Gasteiger partial charge in [0.1, 0.15) is 0 Å². The van der Waals surface area contributed by atoms with Gasteiger partial charge in [-0.15, -0.1) is 11.6 Å². The van der Waals surface area contributed by atoms with Crippen LogP contribution >= 0.6 is 11.6 Å². The van der Waals surface area contributed by atoms with Gasteiger partial charge in [-0.2, -0.15) is 0 Å². The van der Waals surface area contributed by atoms with E-state index in [4.69, 9.17) is 11.6 Å². The molecule has 1 fully saturated rings. The summed E-state index contributed by atoms with van der Waals surface area (Å²) in [6.45, 7) is 6.67. The van der Waals surface area contributed by atoms with Crippen LogP contribution in [-0.2, 0) is 0 Å². The van der Waals surface area contributed by atoms with Gasteiger partial charge >= 0.3 is 0 Å². The average molecular weight is 253 g/mol. The number of halogens is 1. The number of likely N-dealkylation sites (tertiary alicyclic amines) is 1. The van der Waals surface area contributed by atoms with Gasteiger partial charge in [-0.3, -0.25) is 0 Å². The molecule has 0 aromatic heterocycles. The maximum Gasteiger partial charge on any atom is 0.0577 e. The van der Waals surface area contributed by atoms with Crippen molar-refractivity contribution in [2.45, 2.75) is 25.1 Å². The topological polar surface area (TPSA) is 15.3 Å². The first-order valence-corrected chi connectivity index (χ1v) is 6.90.